The van der Waals surface area contributed by atoms with Gasteiger partial charge in [-0.05, 0) is 39.2 Å². The number of hydrogen-bond acceptors (Lipinski definition) is 7. The lowest BCUT2D eigenvalue weighted by atomic mass is 9.92. The predicted octanol–water partition coefficient (Wildman–Crippen LogP) is 2.02. The number of imide groups is 1. The van der Waals surface area contributed by atoms with Crippen LogP contribution in [-0.4, -0.2) is 55.3 Å². The number of rotatable bonds is 9. The van der Waals surface area contributed by atoms with E-state index in [0.717, 1.165) is 13.0 Å². The molecule has 1 aliphatic heterocycles. The van der Waals surface area contributed by atoms with Crippen LogP contribution in [0.1, 0.15) is 17.5 Å². The first-order valence-corrected chi connectivity index (χ1v) is 9.92. The van der Waals surface area contributed by atoms with Crippen molar-refractivity contribution in [3.05, 3.63) is 70.8 Å². The topological polar surface area (TPSA) is 135 Å². The molecule has 0 atom stereocenters. The largest absolute Gasteiger partial charge is 0.398 e. The molecule has 2 amide bonds. The van der Waals surface area contributed by atoms with E-state index in [-0.39, 0.29) is 22.6 Å². The third-order valence-electron chi connectivity index (χ3n) is 4.96. The number of nitrogens with two attached hydrogens (primary N) is 1. The molecule has 0 bridgehead atoms. The zero-order valence-electron chi connectivity index (χ0n) is 17.6. The van der Waals surface area contributed by atoms with Crippen LogP contribution in [0.4, 0.5) is 11.4 Å². The summed E-state index contributed by atoms with van der Waals surface area (Å²) in [6.07, 6.45) is 0.902. The van der Waals surface area contributed by atoms with Crippen molar-refractivity contribution in [2.45, 2.75) is 6.42 Å². The van der Waals surface area contributed by atoms with E-state index in [2.05, 4.69) is 15.5 Å². The zero-order valence-corrected chi connectivity index (χ0v) is 17.6. The minimum Gasteiger partial charge on any atom is -0.398 e. The van der Waals surface area contributed by atoms with Gasteiger partial charge in [-0.15, -0.1) is 0 Å². The lowest BCUT2D eigenvalue weighted by Gasteiger charge is -2.15. The number of amides is 2. The summed E-state index contributed by atoms with van der Waals surface area (Å²) in [7, 11) is 4.00. The van der Waals surface area contributed by atoms with Gasteiger partial charge in [-0.2, -0.15) is 0 Å². The highest BCUT2D eigenvalue weighted by molar-refractivity contribution is 6.45. The molecule has 0 aliphatic carbocycles. The quantitative estimate of drug-likeness (QED) is 0.184. The van der Waals surface area contributed by atoms with Crippen LogP contribution in [0.5, 0.6) is 0 Å². The number of nitrogen functional groups attached to an aromatic ring is 1. The van der Waals surface area contributed by atoms with E-state index in [1.54, 1.807) is 36.4 Å². The van der Waals surface area contributed by atoms with Crippen LogP contribution in [0.2, 0.25) is 0 Å². The summed E-state index contributed by atoms with van der Waals surface area (Å²) in [6.45, 7) is 1.60. The highest BCUT2D eigenvalue weighted by Crippen LogP contribution is 2.26. The maximum Gasteiger partial charge on any atom is 0.261 e. The second-order valence-electron chi connectivity index (χ2n) is 7.50. The van der Waals surface area contributed by atoms with Crippen molar-refractivity contribution in [1.29, 1.82) is 10.8 Å². The SMILES string of the molecule is CN(C)CCCNc1ccccc1C(=N)C1=C(C(=N)c2ccccc2N)C(=O)NC1=O. The molecule has 8 heteroatoms. The Morgan fingerprint density at radius 2 is 1.48 bits per heavy atom. The molecule has 0 unspecified atom stereocenters. The first-order valence-electron chi connectivity index (χ1n) is 9.92. The van der Waals surface area contributed by atoms with Crippen LogP contribution < -0.4 is 16.4 Å². The minimum atomic E-state index is -0.700. The number of carbonyl (C=O) groups is 2. The molecule has 3 rings (SSSR count). The third kappa shape index (κ3) is 4.70. The third-order valence-corrected chi connectivity index (χ3v) is 4.96. The van der Waals surface area contributed by atoms with E-state index in [1.165, 1.54) is 0 Å². The summed E-state index contributed by atoms with van der Waals surface area (Å²) in [6, 6.07) is 13.8. The average molecular weight is 419 g/mol. The van der Waals surface area contributed by atoms with Crippen molar-refractivity contribution in [1.82, 2.24) is 10.2 Å². The first kappa shape index (κ1) is 21.9. The minimum absolute atomic E-state index is 0.117. The molecular formula is C23H26N6O2. The Balaban J connectivity index is 1.97. The lowest BCUT2D eigenvalue weighted by Crippen LogP contribution is -2.25. The molecule has 0 saturated carbocycles. The Morgan fingerprint density at radius 1 is 0.935 bits per heavy atom. The Kier molecular flexibility index (Phi) is 6.61. The van der Waals surface area contributed by atoms with Gasteiger partial charge in [0.05, 0.1) is 22.6 Å². The van der Waals surface area contributed by atoms with Gasteiger partial charge < -0.3 is 16.0 Å². The Labute approximate surface area is 181 Å². The van der Waals surface area contributed by atoms with Crippen LogP contribution in [-0.2, 0) is 9.59 Å². The molecule has 160 valence electrons. The van der Waals surface area contributed by atoms with Crippen molar-refractivity contribution in [2.24, 2.45) is 0 Å². The molecule has 0 spiro atoms. The van der Waals surface area contributed by atoms with Crippen LogP contribution in [0.15, 0.2) is 59.7 Å². The molecule has 0 saturated heterocycles. The number of carbonyl (C=O) groups excluding carboxylic acids is 2. The maximum absolute atomic E-state index is 12.6. The summed E-state index contributed by atoms with van der Waals surface area (Å²) < 4.78 is 0. The molecule has 6 N–H and O–H groups in total. The maximum atomic E-state index is 12.6. The number of nitrogens with zero attached hydrogens (tertiary/aromatic N) is 1. The van der Waals surface area contributed by atoms with Crippen molar-refractivity contribution in [3.63, 3.8) is 0 Å². The summed E-state index contributed by atoms with van der Waals surface area (Å²) in [5.41, 5.74) is 7.23. The van der Waals surface area contributed by atoms with Crippen LogP contribution in [0.3, 0.4) is 0 Å². The van der Waals surface area contributed by atoms with E-state index in [0.29, 0.717) is 29.0 Å². The number of anilines is 2. The summed E-state index contributed by atoms with van der Waals surface area (Å²) in [4.78, 5) is 27.2. The summed E-state index contributed by atoms with van der Waals surface area (Å²) >= 11 is 0. The van der Waals surface area contributed by atoms with E-state index in [1.807, 2.05) is 26.2 Å². The number of nitrogens with one attached hydrogen (secondary N) is 4. The highest BCUT2D eigenvalue weighted by atomic mass is 16.2. The van der Waals surface area contributed by atoms with Gasteiger partial charge in [-0.25, -0.2) is 0 Å². The second kappa shape index (κ2) is 9.36. The fourth-order valence-corrected chi connectivity index (χ4v) is 3.40. The van der Waals surface area contributed by atoms with Gasteiger partial charge in [0.1, 0.15) is 0 Å². The Hall–Kier alpha value is -3.78. The molecule has 0 radical (unpaired) electrons. The van der Waals surface area contributed by atoms with Gasteiger partial charge in [0, 0.05) is 29.0 Å². The normalized spacial score (nSPS) is 13.5. The second-order valence-corrected chi connectivity index (χ2v) is 7.50. The van der Waals surface area contributed by atoms with Gasteiger partial charge in [-0.1, -0.05) is 36.4 Å². The molecule has 8 nitrogen and oxygen atoms in total. The first-order chi connectivity index (χ1) is 14.8. The molecule has 0 aromatic heterocycles. The highest BCUT2D eigenvalue weighted by Gasteiger charge is 2.36. The number of benzene rings is 2. The number of para-hydroxylation sites is 2. The van der Waals surface area contributed by atoms with E-state index in [4.69, 9.17) is 16.6 Å². The summed E-state index contributed by atoms with van der Waals surface area (Å²) in [5, 5.41) is 22.8. The van der Waals surface area contributed by atoms with Crippen molar-refractivity contribution in [2.75, 3.05) is 38.2 Å². The summed E-state index contributed by atoms with van der Waals surface area (Å²) in [5.74, 6) is -1.39. The fourth-order valence-electron chi connectivity index (χ4n) is 3.40. The van der Waals surface area contributed by atoms with Crippen LogP contribution in [0.25, 0.3) is 0 Å². The van der Waals surface area contributed by atoms with E-state index in [9.17, 15) is 9.59 Å². The van der Waals surface area contributed by atoms with E-state index < -0.39 is 11.8 Å². The smallest absolute Gasteiger partial charge is 0.261 e. The number of hydrogen-bond donors (Lipinski definition) is 5. The van der Waals surface area contributed by atoms with Crippen molar-refractivity contribution >= 4 is 34.6 Å². The standard InChI is InChI=1S/C23H26N6O2/c1-29(2)13-7-12-27-17-11-6-4-9-15(17)21(26)19-18(22(30)28-23(19)31)20(25)14-8-3-5-10-16(14)24/h3-6,8-11,25-27H,7,12-13,24H2,1-2H3,(H,28,30,31). The predicted molar refractivity (Wildman–Crippen MR) is 123 cm³/mol. The molecule has 2 aromatic rings. The average Bonchev–Trinajstić information content (AvgIpc) is 3.04. The van der Waals surface area contributed by atoms with Crippen LogP contribution in [0, 0.1) is 10.8 Å². The molecule has 1 aliphatic rings. The monoisotopic (exact) mass is 418 g/mol. The fraction of sp³-hybridized carbons (Fsp3) is 0.217. The Bertz CT molecular complexity index is 1090. The molecule has 0 fully saturated rings. The van der Waals surface area contributed by atoms with Crippen molar-refractivity contribution in [3.8, 4) is 0 Å². The van der Waals surface area contributed by atoms with Crippen molar-refractivity contribution < 1.29 is 9.59 Å². The van der Waals surface area contributed by atoms with Gasteiger partial charge in [0.15, 0.2) is 0 Å². The molecule has 2 aromatic carbocycles. The van der Waals surface area contributed by atoms with Gasteiger partial charge in [-0.3, -0.25) is 25.7 Å². The van der Waals surface area contributed by atoms with Gasteiger partial charge in [0.2, 0.25) is 0 Å². The molecule has 31 heavy (non-hydrogen) atoms. The molecular weight excluding hydrogens is 392 g/mol. The van der Waals surface area contributed by atoms with Gasteiger partial charge in [0.25, 0.3) is 11.8 Å². The zero-order chi connectivity index (χ0) is 22.5. The van der Waals surface area contributed by atoms with E-state index >= 15 is 0 Å². The Morgan fingerprint density at radius 3 is 2.10 bits per heavy atom. The lowest BCUT2D eigenvalue weighted by molar-refractivity contribution is -0.123. The molecule has 1 heterocycles. The van der Waals surface area contributed by atoms with Gasteiger partial charge >= 0.3 is 0 Å². The van der Waals surface area contributed by atoms with Crippen LogP contribution >= 0.6 is 0 Å².